The van der Waals surface area contributed by atoms with Gasteiger partial charge in [-0.15, -0.1) is 21.5 Å². The van der Waals surface area contributed by atoms with Gasteiger partial charge in [-0.25, -0.2) is 4.98 Å². The Hall–Kier alpha value is -1.31. The second-order valence-electron chi connectivity index (χ2n) is 7.67. The second-order valence-corrected chi connectivity index (χ2v) is 8.87. The second kappa shape index (κ2) is 7.51. The molecule has 0 unspecified atom stereocenters. The average Bonchev–Trinajstić information content (AvgIpc) is 3.22. The lowest BCUT2D eigenvalue weighted by atomic mass is 9.95. The highest BCUT2D eigenvalue weighted by atomic mass is 32.1. The molecular weight excluding hydrogens is 332 g/mol. The molecule has 6 nitrogen and oxygen atoms in total. The topological polar surface area (TPSA) is 58.9 Å². The number of nitrogens with one attached hydrogen (secondary N) is 1. The number of hydrogen-bond acceptors (Lipinski definition) is 6. The van der Waals surface area contributed by atoms with Crippen LogP contribution in [0.5, 0.6) is 0 Å². The number of hydrogen-bond donors (Lipinski definition) is 1. The molecule has 2 aromatic rings. The first-order chi connectivity index (χ1) is 12.2. The number of aromatic nitrogens is 4. The molecule has 1 fully saturated rings. The number of thiazole rings is 1. The molecule has 2 aliphatic rings. The Bertz CT molecular complexity index is 698. The molecule has 0 aliphatic carbocycles. The Kier molecular flexibility index (Phi) is 5.15. The van der Waals surface area contributed by atoms with E-state index in [1.54, 1.807) is 0 Å². The van der Waals surface area contributed by atoms with Gasteiger partial charge in [0.1, 0.15) is 11.6 Å². The van der Waals surface area contributed by atoms with E-state index in [0.717, 1.165) is 51.5 Å². The summed E-state index contributed by atoms with van der Waals surface area (Å²) in [5.74, 6) is 3.56. The van der Waals surface area contributed by atoms with Crippen LogP contribution in [0.15, 0.2) is 6.20 Å². The van der Waals surface area contributed by atoms with Crippen molar-refractivity contribution in [2.45, 2.75) is 58.7 Å². The largest absolute Gasteiger partial charge is 0.312 e. The molecule has 2 aliphatic heterocycles. The molecule has 0 bridgehead atoms. The predicted octanol–water partition coefficient (Wildman–Crippen LogP) is 2.42. The van der Waals surface area contributed by atoms with Crippen molar-refractivity contribution in [3.05, 3.63) is 27.7 Å². The molecule has 25 heavy (non-hydrogen) atoms. The summed E-state index contributed by atoms with van der Waals surface area (Å²) in [5.41, 5.74) is 0. The number of rotatable bonds is 5. The quantitative estimate of drug-likeness (QED) is 0.887. The summed E-state index contributed by atoms with van der Waals surface area (Å²) in [6.45, 7) is 10.7. The van der Waals surface area contributed by atoms with Crippen LogP contribution in [0.2, 0.25) is 0 Å². The first-order valence-corrected chi connectivity index (χ1v) is 10.3. The fourth-order valence-corrected chi connectivity index (χ4v) is 5.03. The van der Waals surface area contributed by atoms with E-state index in [9.17, 15) is 0 Å². The van der Waals surface area contributed by atoms with Crippen molar-refractivity contribution in [3.63, 3.8) is 0 Å². The van der Waals surface area contributed by atoms with E-state index in [1.165, 1.54) is 28.6 Å². The van der Waals surface area contributed by atoms with E-state index in [0.29, 0.717) is 11.8 Å². The molecule has 0 spiro atoms. The fraction of sp³-hybridized carbons (Fsp3) is 0.722. The molecule has 7 heteroatoms. The maximum atomic E-state index is 4.59. The number of likely N-dealkylation sites (tertiary alicyclic amines) is 1. The average molecular weight is 361 g/mol. The Balaban J connectivity index is 1.32. The van der Waals surface area contributed by atoms with Gasteiger partial charge < -0.3 is 9.88 Å². The van der Waals surface area contributed by atoms with Gasteiger partial charge in [-0.05, 0) is 31.8 Å². The Morgan fingerprint density at radius 1 is 1.24 bits per heavy atom. The van der Waals surface area contributed by atoms with Gasteiger partial charge in [-0.1, -0.05) is 13.8 Å². The van der Waals surface area contributed by atoms with Gasteiger partial charge in [0.2, 0.25) is 0 Å². The summed E-state index contributed by atoms with van der Waals surface area (Å²) >= 11 is 1.89. The Morgan fingerprint density at radius 2 is 2.08 bits per heavy atom. The minimum absolute atomic E-state index is 0.563. The predicted molar refractivity (Wildman–Crippen MR) is 99.6 cm³/mol. The van der Waals surface area contributed by atoms with E-state index < -0.39 is 0 Å². The van der Waals surface area contributed by atoms with Crippen molar-refractivity contribution in [1.82, 2.24) is 30.0 Å². The van der Waals surface area contributed by atoms with Crippen LogP contribution in [0.3, 0.4) is 0 Å². The van der Waals surface area contributed by atoms with Crippen molar-refractivity contribution in [2.24, 2.45) is 5.92 Å². The fourth-order valence-electron chi connectivity index (χ4n) is 3.85. The molecule has 2 aromatic heterocycles. The van der Waals surface area contributed by atoms with Gasteiger partial charge in [0, 0.05) is 43.0 Å². The van der Waals surface area contributed by atoms with Crippen LogP contribution in [-0.2, 0) is 26.1 Å². The summed E-state index contributed by atoms with van der Waals surface area (Å²) in [6.07, 6.45) is 5.54. The van der Waals surface area contributed by atoms with Crippen LogP contribution in [0.25, 0.3) is 0 Å². The van der Waals surface area contributed by atoms with Crippen LogP contribution in [0.1, 0.15) is 54.1 Å². The molecule has 4 heterocycles. The number of nitrogens with zero attached hydrogens (tertiary/aromatic N) is 5. The molecule has 1 N–H and O–H groups in total. The molecule has 136 valence electrons. The minimum Gasteiger partial charge on any atom is -0.312 e. The zero-order chi connectivity index (χ0) is 17.2. The van der Waals surface area contributed by atoms with Crippen LogP contribution < -0.4 is 5.32 Å². The van der Waals surface area contributed by atoms with E-state index in [1.807, 2.05) is 11.3 Å². The van der Waals surface area contributed by atoms with E-state index >= 15 is 0 Å². The SMILES string of the molecule is CC(C)Cc1ncc(CN2CCC(c3nnc4n3CCNC4)CC2)s1. The highest BCUT2D eigenvalue weighted by molar-refractivity contribution is 7.11. The summed E-state index contributed by atoms with van der Waals surface area (Å²) in [4.78, 5) is 8.56. The van der Waals surface area contributed by atoms with Crippen molar-refractivity contribution in [3.8, 4) is 0 Å². The number of piperidine rings is 1. The maximum Gasteiger partial charge on any atom is 0.147 e. The first-order valence-electron chi connectivity index (χ1n) is 9.47. The number of fused-ring (bicyclic) bond motifs is 1. The lowest BCUT2D eigenvalue weighted by molar-refractivity contribution is 0.201. The van der Waals surface area contributed by atoms with Gasteiger partial charge in [-0.3, -0.25) is 4.90 Å². The smallest absolute Gasteiger partial charge is 0.147 e. The first kappa shape index (κ1) is 17.1. The highest BCUT2D eigenvalue weighted by Gasteiger charge is 2.27. The molecule has 0 saturated carbocycles. The van der Waals surface area contributed by atoms with Crippen molar-refractivity contribution in [1.29, 1.82) is 0 Å². The van der Waals surface area contributed by atoms with Crippen molar-refractivity contribution >= 4 is 11.3 Å². The lowest BCUT2D eigenvalue weighted by Crippen LogP contribution is -2.34. The summed E-state index contributed by atoms with van der Waals surface area (Å²) in [5, 5.41) is 13.5. The summed E-state index contributed by atoms with van der Waals surface area (Å²) in [6, 6.07) is 0. The van der Waals surface area contributed by atoms with E-state index in [-0.39, 0.29) is 0 Å². The molecule has 0 amide bonds. The Labute approximate surface area is 153 Å². The van der Waals surface area contributed by atoms with Crippen molar-refractivity contribution in [2.75, 3.05) is 19.6 Å². The zero-order valence-corrected chi connectivity index (χ0v) is 16.1. The summed E-state index contributed by atoms with van der Waals surface area (Å²) in [7, 11) is 0. The third-order valence-electron chi connectivity index (χ3n) is 5.17. The molecule has 0 atom stereocenters. The molecule has 1 saturated heterocycles. The van der Waals surface area contributed by atoms with Crippen molar-refractivity contribution < 1.29 is 0 Å². The standard InChI is InChI=1S/C18H28N6S/c1-13(2)9-17-20-10-15(25-17)12-23-6-3-14(4-7-23)18-22-21-16-11-19-5-8-24(16)18/h10,13-14,19H,3-9,11-12H2,1-2H3. The van der Waals surface area contributed by atoms with Gasteiger partial charge in [0.25, 0.3) is 0 Å². The summed E-state index contributed by atoms with van der Waals surface area (Å²) < 4.78 is 2.35. The van der Waals surface area contributed by atoms with Gasteiger partial charge in [0.05, 0.1) is 11.6 Å². The van der Waals surface area contributed by atoms with E-state index in [2.05, 4.69) is 50.0 Å². The molecule has 0 radical (unpaired) electrons. The maximum absolute atomic E-state index is 4.59. The van der Waals surface area contributed by atoms with Gasteiger partial charge in [-0.2, -0.15) is 0 Å². The normalized spacial score (nSPS) is 19.5. The van der Waals surface area contributed by atoms with Gasteiger partial charge >= 0.3 is 0 Å². The van der Waals surface area contributed by atoms with Crippen LogP contribution >= 0.6 is 11.3 Å². The monoisotopic (exact) mass is 360 g/mol. The minimum atomic E-state index is 0.563. The van der Waals surface area contributed by atoms with E-state index in [4.69, 9.17) is 0 Å². The zero-order valence-electron chi connectivity index (χ0n) is 15.2. The lowest BCUT2D eigenvalue weighted by Gasteiger charge is -2.31. The molecule has 4 rings (SSSR count). The van der Waals surface area contributed by atoms with Gasteiger partial charge in [0.15, 0.2) is 0 Å². The third-order valence-corrected chi connectivity index (χ3v) is 6.17. The third kappa shape index (κ3) is 3.93. The molecule has 0 aromatic carbocycles. The molecular formula is C18H28N6S. The van der Waals surface area contributed by atoms with Crippen LogP contribution in [-0.4, -0.2) is 44.3 Å². The van der Waals surface area contributed by atoms with Crippen LogP contribution in [0, 0.1) is 5.92 Å². The highest BCUT2D eigenvalue weighted by Crippen LogP contribution is 2.29. The van der Waals surface area contributed by atoms with Crippen LogP contribution in [0.4, 0.5) is 0 Å². The Morgan fingerprint density at radius 3 is 2.88 bits per heavy atom.